The van der Waals surface area contributed by atoms with E-state index in [1.807, 2.05) is 0 Å². The van der Waals surface area contributed by atoms with Crippen LogP contribution in [0.4, 0.5) is 5.69 Å². The molecule has 6 nitrogen and oxygen atoms in total. The minimum absolute atomic E-state index is 0.230. The number of hydrogen-bond donors (Lipinski definition) is 1. The minimum atomic E-state index is -1.39. The number of hydrogen-bond acceptors (Lipinski definition) is 4. The van der Waals surface area contributed by atoms with E-state index in [4.69, 9.17) is 27.9 Å². The summed E-state index contributed by atoms with van der Waals surface area (Å²) < 4.78 is 5.48. The lowest BCUT2D eigenvalue weighted by molar-refractivity contribution is -0.152. The van der Waals surface area contributed by atoms with E-state index < -0.39 is 23.4 Å². The number of esters is 1. The number of benzene rings is 2. The molecule has 1 unspecified atom stereocenters. The van der Waals surface area contributed by atoms with Gasteiger partial charge in [-0.1, -0.05) is 47.5 Å². The molecule has 0 fully saturated rings. The molecule has 0 saturated heterocycles. The first-order chi connectivity index (χ1) is 13.7. The van der Waals surface area contributed by atoms with Crippen LogP contribution in [-0.4, -0.2) is 41.4 Å². The predicted octanol–water partition coefficient (Wildman–Crippen LogP) is 3.95. The quantitative estimate of drug-likeness (QED) is 0.722. The monoisotopic (exact) mass is 434 g/mol. The highest BCUT2D eigenvalue weighted by atomic mass is 35.5. The number of carbonyl (C=O) groups excluding carboxylic acids is 3. The summed E-state index contributed by atoms with van der Waals surface area (Å²) in [6, 6.07) is 11.9. The second-order valence-electron chi connectivity index (χ2n) is 6.92. The number of anilines is 1. The van der Waals surface area contributed by atoms with Crippen LogP contribution in [-0.2, 0) is 20.7 Å². The first-order valence-corrected chi connectivity index (χ1v) is 9.85. The van der Waals surface area contributed by atoms with Crippen LogP contribution in [0.1, 0.15) is 29.8 Å². The number of ether oxygens (including phenoxy) is 1. The van der Waals surface area contributed by atoms with Crippen LogP contribution in [0.25, 0.3) is 0 Å². The summed E-state index contributed by atoms with van der Waals surface area (Å²) in [7, 11) is 0. The molecule has 0 bridgehead atoms. The number of fused-ring (bicyclic) bond motifs is 1. The molecule has 1 aliphatic heterocycles. The number of nitrogens with zero attached hydrogens (tertiary/aromatic N) is 1. The smallest absolute Gasteiger partial charge is 0.339 e. The Kier molecular flexibility index (Phi) is 6.15. The van der Waals surface area contributed by atoms with Crippen molar-refractivity contribution < 1.29 is 19.1 Å². The zero-order valence-corrected chi connectivity index (χ0v) is 17.5. The van der Waals surface area contributed by atoms with Gasteiger partial charge < -0.3 is 15.0 Å². The third kappa shape index (κ3) is 4.38. The first kappa shape index (κ1) is 21.1. The van der Waals surface area contributed by atoms with Crippen LogP contribution in [0.3, 0.4) is 0 Å². The zero-order chi connectivity index (χ0) is 21.2. The summed E-state index contributed by atoms with van der Waals surface area (Å²) >= 11 is 12.2. The fourth-order valence-corrected chi connectivity index (χ4v) is 3.78. The van der Waals surface area contributed by atoms with Gasteiger partial charge in [0.25, 0.3) is 5.91 Å². The summed E-state index contributed by atoms with van der Waals surface area (Å²) in [6.07, 6.45) is 0.238. The topological polar surface area (TPSA) is 75.7 Å². The minimum Gasteiger partial charge on any atom is -0.445 e. The molecule has 0 saturated carbocycles. The summed E-state index contributed by atoms with van der Waals surface area (Å²) in [5.74, 6) is -1.45. The number of rotatable bonds is 5. The molecule has 29 heavy (non-hydrogen) atoms. The lowest BCUT2D eigenvalue weighted by atomic mass is 9.89. The fraction of sp³-hybridized carbons (Fsp3) is 0.286. The third-order valence-corrected chi connectivity index (χ3v) is 5.40. The fourth-order valence-electron chi connectivity index (χ4n) is 3.28. The third-order valence-electron chi connectivity index (χ3n) is 4.77. The molecule has 2 aromatic carbocycles. The normalized spacial score (nSPS) is 17.9. The van der Waals surface area contributed by atoms with E-state index in [0.29, 0.717) is 15.6 Å². The van der Waals surface area contributed by atoms with Crippen molar-refractivity contribution in [3.63, 3.8) is 0 Å². The number of para-hydroxylation sites is 1. The Morgan fingerprint density at radius 2 is 1.79 bits per heavy atom. The largest absolute Gasteiger partial charge is 0.445 e. The summed E-state index contributed by atoms with van der Waals surface area (Å²) in [4.78, 5) is 39.3. The van der Waals surface area contributed by atoms with Gasteiger partial charge in [0, 0.05) is 13.0 Å². The Balaban J connectivity index is 1.75. The molecule has 3 rings (SSSR count). The van der Waals surface area contributed by atoms with Gasteiger partial charge in [-0.2, -0.15) is 0 Å². The van der Waals surface area contributed by atoms with Gasteiger partial charge in [-0.05, 0) is 37.6 Å². The average Bonchev–Trinajstić information content (AvgIpc) is 2.68. The van der Waals surface area contributed by atoms with Gasteiger partial charge in [-0.25, -0.2) is 4.79 Å². The standard InChI is InChI=1S/C21H20Cl2N2O4/c1-3-25(12-17(26)24-18-15(22)9-6-10-16(18)23)20(28)21(2)11-13-7-4-5-8-14(13)19(27)29-21/h4-10H,3,11-12H2,1-2H3,(H,24,26). The van der Waals surface area contributed by atoms with Gasteiger partial charge in [0.05, 0.1) is 27.8 Å². The van der Waals surface area contributed by atoms with Crippen LogP contribution < -0.4 is 5.32 Å². The summed E-state index contributed by atoms with van der Waals surface area (Å²) in [5.41, 5.74) is 0.0903. The highest BCUT2D eigenvalue weighted by molar-refractivity contribution is 6.39. The van der Waals surface area contributed by atoms with Gasteiger partial charge in [-0.3, -0.25) is 9.59 Å². The van der Waals surface area contributed by atoms with Crippen molar-refractivity contribution in [2.45, 2.75) is 25.9 Å². The SMILES string of the molecule is CCN(CC(=O)Nc1c(Cl)cccc1Cl)C(=O)C1(C)Cc2ccccc2C(=O)O1. The van der Waals surface area contributed by atoms with Crippen molar-refractivity contribution >= 4 is 46.7 Å². The van der Waals surface area contributed by atoms with Gasteiger partial charge >= 0.3 is 5.97 Å². The van der Waals surface area contributed by atoms with Crippen molar-refractivity contribution in [3.05, 3.63) is 63.6 Å². The molecule has 0 aliphatic carbocycles. The molecule has 0 aromatic heterocycles. The molecule has 0 spiro atoms. The van der Waals surface area contributed by atoms with E-state index in [-0.39, 0.29) is 25.2 Å². The molecule has 0 radical (unpaired) electrons. The molecule has 8 heteroatoms. The van der Waals surface area contributed by atoms with E-state index in [9.17, 15) is 14.4 Å². The lowest BCUT2D eigenvalue weighted by Crippen LogP contribution is -2.54. The second kappa shape index (κ2) is 8.43. The van der Waals surface area contributed by atoms with Gasteiger partial charge in [0.1, 0.15) is 0 Å². The molecule has 1 heterocycles. The van der Waals surface area contributed by atoms with Crippen LogP contribution in [0, 0.1) is 0 Å². The summed E-state index contributed by atoms with van der Waals surface area (Å²) in [6.45, 7) is 3.34. The molecule has 1 aliphatic rings. The van der Waals surface area contributed by atoms with Gasteiger partial charge in [0.2, 0.25) is 5.91 Å². The number of amides is 2. The maximum absolute atomic E-state index is 13.1. The first-order valence-electron chi connectivity index (χ1n) is 9.09. The van der Waals surface area contributed by atoms with E-state index in [2.05, 4.69) is 5.32 Å². The molecule has 1 N–H and O–H groups in total. The van der Waals surface area contributed by atoms with Crippen molar-refractivity contribution in [2.75, 3.05) is 18.4 Å². The average molecular weight is 435 g/mol. The maximum atomic E-state index is 13.1. The highest BCUT2D eigenvalue weighted by Crippen LogP contribution is 2.31. The number of halogens is 2. The number of cyclic esters (lactones) is 1. The number of nitrogens with one attached hydrogen (secondary N) is 1. The lowest BCUT2D eigenvalue weighted by Gasteiger charge is -2.36. The Bertz CT molecular complexity index is 959. The summed E-state index contributed by atoms with van der Waals surface area (Å²) in [5, 5.41) is 3.23. The van der Waals surface area contributed by atoms with Crippen molar-refractivity contribution in [1.29, 1.82) is 0 Å². The maximum Gasteiger partial charge on any atom is 0.339 e. The Morgan fingerprint density at radius 3 is 2.45 bits per heavy atom. The predicted molar refractivity (Wildman–Crippen MR) is 111 cm³/mol. The van der Waals surface area contributed by atoms with Gasteiger partial charge in [-0.15, -0.1) is 0 Å². The Morgan fingerprint density at radius 1 is 1.14 bits per heavy atom. The van der Waals surface area contributed by atoms with Crippen molar-refractivity contribution in [3.8, 4) is 0 Å². The molecule has 152 valence electrons. The molecule has 2 aromatic rings. The van der Waals surface area contributed by atoms with Crippen LogP contribution in [0.2, 0.25) is 10.0 Å². The van der Waals surface area contributed by atoms with E-state index in [0.717, 1.165) is 5.56 Å². The molecular formula is C21H20Cl2N2O4. The van der Waals surface area contributed by atoms with E-state index >= 15 is 0 Å². The zero-order valence-electron chi connectivity index (χ0n) is 16.0. The number of carbonyl (C=O) groups is 3. The van der Waals surface area contributed by atoms with Crippen molar-refractivity contribution in [1.82, 2.24) is 4.90 Å². The van der Waals surface area contributed by atoms with E-state index in [1.54, 1.807) is 56.3 Å². The van der Waals surface area contributed by atoms with Crippen LogP contribution in [0.5, 0.6) is 0 Å². The Hall–Kier alpha value is -2.57. The van der Waals surface area contributed by atoms with Gasteiger partial charge in [0.15, 0.2) is 5.60 Å². The van der Waals surface area contributed by atoms with Crippen LogP contribution >= 0.6 is 23.2 Å². The van der Waals surface area contributed by atoms with Crippen molar-refractivity contribution in [2.24, 2.45) is 0 Å². The van der Waals surface area contributed by atoms with E-state index in [1.165, 1.54) is 4.90 Å². The highest BCUT2D eigenvalue weighted by Gasteiger charge is 2.44. The number of likely N-dealkylation sites (N-methyl/N-ethyl adjacent to an activating group) is 1. The second-order valence-corrected chi connectivity index (χ2v) is 7.73. The van der Waals surface area contributed by atoms with Crippen LogP contribution in [0.15, 0.2) is 42.5 Å². The molecule has 1 atom stereocenters. The Labute approximate surface area is 178 Å². The molecule has 2 amide bonds. The molecular weight excluding hydrogens is 415 g/mol.